The summed E-state index contributed by atoms with van der Waals surface area (Å²) in [6.45, 7) is 0.209. The number of benzene rings is 3. The largest absolute Gasteiger partial charge is 0.573 e. The van der Waals surface area contributed by atoms with Crippen LogP contribution in [0.4, 0.5) is 13.2 Å². The predicted molar refractivity (Wildman–Crippen MR) is 93.2 cm³/mol. The summed E-state index contributed by atoms with van der Waals surface area (Å²) in [5.74, 6) is 5.62. The second-order valence-electron chi connectivity index (χ2n) is 5.46. The zero-order valence-electron chi connectivity index (χ0n) is 13.5. The molecule has 26 heavy (non-hydrogen) atoms. The van der Waals surface area contributed by atoms with Gasteiger partial charge in [0.05, 0.1) is 6.21 Å². The van der Waals surface area contributed by atoms with E-state index in [4.69, 9.17) is 10.6 Å². The molecule has 3 rings (SSSR count). The Kier molecular flexibility index (Phi) is 4.97. The topological polar surface area (TPSA) is 56.8 Å². The summed E-state index contributed by atoms with van der Waals surface area (Å²) in [4.78, 5) is 0. The summed E-state index contributed by atoms with van der Waals surface area (Å²) in [6, 6.07) is 16.9. The van der Waals surface area contributed by atoms with Crippen LogP contribution in [-0.4, -0.2) is 12.6 Å². The third-order valence-electron chi connectivity index (χ3n) is 3.68. The molecule has 0 atom stereocenters. The fourth-order valence-electron chi connectivity index (χ4n) is 2.56. The minimum Gasteiger partial charge on any atom is -0.488 e. The Morgan fingerprint density at radius 3 is 2.27 bits per heavy atom. The van der Waals surface area contributed by atoms with Crippen molar-refractivity contribution in [1.29, 1.82) is 0 Å². The Balaban J connectivity index is 1.77. The van der Waals surface area contributed by atoms with E-state index in [1.165, 1.54) is 24.3 Å². The monoisotopic (exact) mass is 360 g/mol. The van der Waals surface area contributed by atoms with Crippen molar-refractivity contribution in [1.82, 2.24) is 0 Å². The second kappa shape index (κ2) is 7.35. The van der Waals surface area contributed by atoms with E-state index >= 15 is 0 Å². The molecule has 4 nitrogen and oxygen atoms in total. The van der Waals surface area contributed by atoms with Crippen LogP contribution in [0.1, 0.15) is 11.1 Å². The molecular weight excluding hydrogens is 345 g/mol. The number of fused-ring (bicyclic) bond motifs is 1. The Bertz CT molecular complexity index is 922. The number of hydrazone groups is 1. The lowest BCUT2D eigenvalue weighted by Crippen LogP contribution is -2.17. The van der Waals surface area contributed by atoms with Gasteiger partial charge in [0.2, 0.25) is 0 Å². The van der Waals surface area contributed by atoms with Crippen molar-refractivity contribution in [3.63, 3.8) is 0 Å². The minimum absolute atomic E-state index is 0.209. The summed E-state index contributed by atoms with van der Waals surface area (Å²) in [5, 5.41) is 5.38. The van der Waals surface area contributed by atoms with Crippen molar-refractivity contribution in [2.75, 3.05) is 0 Å². The summed E-state index contributed by atoms with van der Waals surface area (Å²) in [7, 11) is 0. The quantitative estimate of drug-likeness (QED) is 0.411. The fraction of sp³-hybridized carbons (Fsp3) is 0.105. The molecule has 0 aliphatic rings. The van der Waals surface area contributed by atoms with Crippen LogP contribution in [-0.2, 0) is 6.61 Å². The maximum absolute atomic E-state index is 12.2. The molecule has 3 aromatic rings. The van der Waals surface area contributed by atoms with E-state index in [0.717, 1.165) is 21.9 Å². The lowest BCUT2D eigenvalue weighted by molar-refractivity contribution is -0.274. The van der Waals surface area contributed by atoms with Gasteiger partial charge >= 0.3 is 6.36 Å². The molecule has 0 bridgehead atoms. The maximum atomic E-state index is 12.2. The van der Waals surface area contributed by atoms with Gasteiger partial charge in [0, 0.05) is 10.9 Å². The Morgan fingerprint density at radius 1 is 0.923 bits per heavy atom. The van der Waals surface area contributed by atoms with E-state index in [2.05, 4.69) is 9.84 Å². The average molecular weight is 360 g/mol. The van der Waals surface area contributed by atoms with Gasteiger partial charge in [-0.05, 0) is 35.2 Å². The van der Waals surface area contributed by atoms with Gasteiger partial charge in [0.1, 0.15) is 18.1 Å². The first-order chi connectivity index (χ1) is 12.5. The highest BCUT2D eigenvalue weighted by molar-refractivity contribution is 6.02. The maximum Gasteiger partial charge on any atom is 0.573 e. The van der Waals surface area contributed by atoms with Gasteiger partial charge < -0.3 is 15.3 Å². The highest BCUT2D eigenvalue weighted by atomic mass is 19.4. The number of rotatable bonds is 5. The smallest absolute Gasteiger partial charge is 0.488 e. The third kappa shape index (κ3) is 4.24. The van der Waals surface area contributed by atoms with Crippen LogP contribution in [0, 0.1) is 0 Å². The molecule has 3 aromatic carbocycles. The summed E-state index contributed by atoms with van der Waals surface area (Å²) < 4.78 is 46.2. The second-order valence-corrected chi connectivity index (χ2v) is 5.46. The molecule has 0 unspecified atom stereocenters. The number of nitrogens with two attached hydrogens (primary N) is 1. The van der Waals surface area contributed by atoms with E-state index in [0.29, 0.717) is 5.75 Å². The molecule has 0 amide bonds. The summed E-state index contributed by atoms with van der Waals surface area (Å²) in [6.07, 6.45) is -3.14. The molecule has 0 saturated heterocycles. The van der Waals surface area contributed by atoms with Crippen LogP contribution in [0.2, 0.25) is 0 Å². The third-order valence-corrected chi connectivity index (χ3v) is 3.68. The Hall–Kier alpha value is -3.22. The van der Waals surface area contributed by atoms with Crippen molar-refractivity contribution in [2.45, 2.75) is 13.0 Å². The van der Waals surface area contributed by atoms with Crippen LogP contribution in [0.5, 0.6) is 11.5 Å². The van der Waals surface area contributed by atoms with Gasteiger partial charge in [-0.3, -0.25) is 0 Å². The number of hydrogen-bond donors (Lipinski definition) is 1. The van der Waals surface area contributed by atoms with Crippen molar-refractivity contribution < 1.29 is 22.6 Å². The Labute approximate surface area is 147 Å². The fourth-order valence-corrected chi connectivity index (χ4v) is 2.56. The normalized spacial score (nSPS) is 11.8. The van der Waals surface area contributed by atoms with Crippen LogP contribution in [0.25, 0.3) is 10.8 Å². The zero-order valence-corrected chi connectivity index (χ0v) is 13.5. The van der Waals surface area contributed by atoms with Crippen molar-refractivity contribution in [2.24, 2.45) is 10.9 Å². The molecule has 0 radical (unpaired) electrons. The van der Waals surface area contributed by atoms with Crippen LogP contribution in [0.3, 0.4) is 0 Å². The number of halogens is 3. The number of nitrogens with zero attached hydrogens (tertiary/aromatic N) is 1. The highest BCUT2D eigenvalue weighted by Gasteiger charge is 2.30. The first kappa shape index (κ1) is 17.6. The van der Waals surface area contributed by atoms with E-state index in [1.54, 1.807) is 12.3 Å². The molecular formula is C19H15F3N2O2. The summed E-state index contributed by atoms with van der Waals surface area (Å²) in [5.41, 5.74) is 1.58. The number of alkyl halides is 3. The lowest BCUT2D eigenvalue weighted by atomic mass is 10.0. The van der Waals surface area contributed by atoms with Gasteiger partial charge in [-0.2, -0.15) is 5.10 Å². The molecule has 134 valence electrons. The molecule has 2 N–H and O–H groups in total. The van der Waals surface area contributed by atoms with E-state index in [9.17, 15) is 13.2 Å². The molecule has 0 spiro atoms. The molecule has 0 fully saturated rings. The molecule has 0 aromatic heterocycles. The summed E-state index contributed by atoms with van der Waals surface area (Å²) >= 11 is 0. The molecule has 0 aliphatic carbocycles. The van der Waals surface area contributed by atoms with Crippen LogP contribution in [0.15, 0.2) is 65.8 Å². The van der Waals surface area contributed by atoms with E-state index in [1.807, 2.05) is 30.3 Å². The van der Waals surface area contributed by atoms with Crippen LogP contribution >= 0.6 is 0 Å². The van der Waals surface area contributed by atoms with E-state index < -0.39 is 6.36 Å². The van der Waals surface area contributed by atoms with Gasteiger partial charge in [0.15, 0.2) is 0 Å². The van der Waals surface area contributed by atoms with Gasteiger partial charge in [-0.1, -0.05) is 36.4 Å². The van der Waals surface area contributed by atoms with Crippen molar-refractivity contribution in [3.05, 3.63) is 71.8 Å². The number of hydrogen-bond acceptors (Lipinski definition) is 4. The first-order valence-electron chi connectivity index (χ1n) is 7.69. The average Bonchev–Trinajstić information content (AvgIpc) is 2.61. The molecule has 0 saturated carbocycles. The van der Waals surface area contributed by atoms with Gasteiger partial charge in [-0.15, -0.1) is 13.2 Å². The highest BCUT2D eigenvalue weighted by Crippen LogP contribution is 2.29. The van der Waals surface area contributed by atoms with Gasteiger partial charge in [-0.25, -0.2) is 0 Å². The zero-order chi connectivity index (χ0) is 18.6. The minimum atomic E-state index is -4.70. The SMILES string of the molecule is NN=Cc1ccc(OCc2ccc(OC(F)(F)F)cc2)c2ccccc12. The molecule has 7 heteroatoms. The molecule has 0 heterocycles. The lowest BCUT2D eigenvalue weighted by Gasteiger charge is -2.12. The van der Waals surface area contributed by atoms with Crippen molar-refractivity contribution in [3.8, 4) is 11.5 Å². The van der Waals surface area contributed by atoms with E-state index in [-0.39, 0.29) is 12.4 Å². The van der Waals surface area contributed by atoms with Crippen molar-refractivity contribution >= 4 is 17.0 Å². The predicted octanol–water partition coefficient (Wildman–Crippen LogP) is 4.61. The van der Waals surface area contributed by atoms with Gasteiger partial charge in [0.25, 0.3) is 0 Å². The first-order valence-corrected chi connectivity index (χ1v) is 7.69. The number of ether oxygens (including phenoxy) is 2. The Morgan fingerprint density at radius 2 is 1.62 bits per heavy atom. The standard InChI is InChI=1S/C19H15F3N2O2/c20-19(21,22)26-15-8-5-13(6-9-15)12-25-18-10-7-14(11-24-23)16-3-1-2-4-17(16)18/h1-11H,12,23H2. The molecule has 0 aliphatic heterocycles. The van der Waals surface area contributed by atoms with Crippen LogP contribution < -0.4 is 15.3 Å².